The molecule has 0 aliphatic carbocycles. The lowest BCUT2D eigenvalue weighted by molar-refractivity contribution is -0.123. The number of hydrogen-bond donors (Lipinski definition) is 2. The van der Waals surface area contributed by atoms with Gasteiger partial charge in [-0.05, 0) is 42.8 Å². The molecule has 6 heteroatoms. The second kappa shape index (κ2) is 7.65. The number of halogens is 1. The third-order valence-electron chi connectivity index (χ3n) is 3.06. The van der Waals surface area contributed by atoms with Crippen LogP contribution in [0.4, 0.5) is 11.4 Å². The molecule has 0 spiro atoms. The van der Waals surface area contributed by atoms with Crippen molar-refractivity contribution in [2.75, 3.05) is 17.7 Å². The molecule has 2 aromatic rings. The Labute approximate surface area is 139 Å². The average Bonchev–Trinajstić information content (AvgIpc) is 2.47. The number of amides is 2. The maximum atomic E-state index is 11.9. The number of hydrogen-bond acceptors (Lipinski definition) is 3. The average molecular weight is 333 g/mol. The SMILES string of the molecule is COc1ccc(NC(=O)CC(=O)Nc2cccc(C)c2)cc1Cl. The highest BCUT2D eigenvalue weighted by Gasteiger charge is 2.11. The van der Waals surface area contributed by atoms with E-state index >= 15 is 0 Å². The fraction of sp³-hybridized carbons (Fsp3) is 0.176. The summed E-state index contributed by atoms with van der Waals surface area (Å²) in [7, 11) is 1.51. The quantitative estimate of drug-likeness (QED) is 0.822. The van der Waals surface area contributed by atoms with Gasteiger partial charge < -0.3 is 15.4 Å². The molecule has 2 N–H and O–H groups in total. The van der Waals surface area contributed by atoms with Crippen LogP contribution < -0.4 is 15.4 Å². The third kappa shape index (κ3) is 5.00. The molecule has 2 rings (SSSR count). The number of carbonyl (C=O) groups excluding carboxylic acids is 2. The fourth-order valence-electron chi connectivity index (χ4n) is 2.02. The van der Waals surface area contributed by atoms with Crippen LogP contribution in [0.15, 0.2) is 42.5 Å². The summed E-state index contributed by atoms with van der Waals surface area (Å²) in [5, 5.41) is 5.69. The van der Waals surface area contributed by atoms with Gasteiger partial charge in [-0.3, -0.25) is 9.59 Å². The number of aryl methyl sites for hydroxylation is 1. The standard InChI is InChI=1S/C17H17ClN2O3/c1-11-4-3-5-12(8-11)19-16(21)10-17(22)20-13-6-7-15(23-2)14(18)9-13/h3-9H,10H2,1-2H3,(H,19,21)(H,20,22). The largest absolute Gasteiger partial charge is 0.495 e. The molecule has 0 radical (unpaired) electrons. The van der Waals surface area contributed by atoms with Crippen molar-refractivity contribution < 1.29 is 14.3 Å². The van der Waals surface area contributed by atoms with Gasteiger partial charge >= 0.3 is 0 Å². The maximum Gasteiger partial charge on any atom is 0.233 e. The van der Waals surface area contributed by atoms with Gasteiger partial charge in [0.05, 0.1) is 12.1 Å². The van der Waals surface area contributed by atoms with Crippen molar-refractivity contribution in [3.63, 3.8) is 0 Å². The minimum absolute atomic E-state index is 0.280. The first kappa shape index (κ1) is 16.8. The van der Waals surface area contributed by atoms with E-state index in [1.54, 1.807) is 24.3 Å². The summed E-state index contributed by atoms with van der Waals surface area (Å²) in [6.07, 6.45) is -0.280. The molecule has 2 aromatic carbocycles. The summed E-state index contributed by atoms with van der Waals surface area (Å²) in [5.74, 6) is -0.286. The number of ether oxygens (including phenoxy) is 1. The Bertz CT molecular complexity index is 732. The second-order valence-corrected chi connectivity index (χ2v) is 5.40. The Hall–Kier alpha value is -2.53. The number of benzene rings is 2. The van der Waals surface area contributed by atoms with Crippen LogP contribution in [0.3, 0.4) is 0 Å². The van der Waals surface area contributed by atoms with Crippen molar-refractivity contribution in [3.05, 3.63) is 53.1 Å². The molecule has 0 aliphatic heterocycles. The molecule has 0 aromatic heterocycles. The number of carbonyl (C=O) groups is 2. The number of nitrogens with one attached hydrogen (secondary N) is 2. The molecule has 0 unspecified atom stereocenters. The lowest BCUT2D eigenvalue weighted by Gasteiger charge is -2.09. The smallest absolute Gasteiger partial charge is 0.233 e. The van der Waals surface area contributed by atoms with Crippen LogP contribution in [-0.4, -0.2) is 18.9 Å². The van der Waals surface area contributed by atoms with Gasteiger partial charge in [-0.2, -0.15) is 0 Å². The Balaban J connectivity index is 1.91. The molecular weight excluding hydrogens is 316 g/mol. The van der Waals surface area contributed by atoms with Crippen LogP contribution >= 0.6 is 11.6 Å². The monoisotopic (exact) mass is 332 g/mol. The fourth-order valence-corrected chi connectivity index (χ4v) is 2.28. The van der Waals surface area contributed by atoms with Gasteiger partial charge in [0.15, 0.2) is 0 Å². The second-order valence-electron chi connectivity index (χ2n) is 4.99. The molecule has 0 saturated heterocycles. The molecular formula is C17H17ClN2O3. The van der Waals surface area contributed by atoms with Crippen LogP contribution in [0.25, 0.3) is 0 Å². The molecule has 0 aliphatic rings. The van der Waals surface area contributed by atoms with Crippen LogP contribution in [0.5, 0.6) is 5.75 Å². The molecule has 0 heterocycles. The highest BCUT2D eigenvalue weighted by atomic mass is 35.5. The van der Waals surface area contributed by atoms with Gasteiger partial charge in [0.2, 0.25) is 11.8 Å². The normalized spacial score (nSPS) is 10.0. The van der Waals surface area contributed by atoms with Crippen molar-refractivity contribution in [2.45, 2.75) is 13.3 Å². The molecule has 120 valence electrons. The van der Waals surface area contributed by atoms with E-state index in [0.717, 1.165) is 5.56 Å². The third-order valence-corrected chi connectivity index (χ3v) is 3.35. The predicted octanol–water partition coefficient (Wildman–Crippen LogP) is 3.62. The van der Waals surface area contributed by atoms with Crippen LogP contribution in [-0.2, 0) is 9.59 Å². The summed E-state index contributed by atoms with van der Waals surface area (Å²) in [6, 6.07) is 12.2. The van der Waals surface area contributed by atoms with Crippen LogP contribution in [0, 0.1) is 6.92 Å². The maximum absolute atomic E-state index is 11.9. The summed E-state index contributed by atoms with van der Waals surface area (Å²) in [5.41, 5.74) is 2.19. The zero-order chi connectivity index (χ0) is 16.8. The van der Waals surface area contributed by atoms with Gasteiger partial charge in [0.25, 0.3) is 0 Å². The first-order valence-electron chi connectivity index (χ1n) is 6.98. The number of methoxy groups -OCH3 is 1. The van der Waals surface area contributed by atoms with E-state index in [-0.39, 0.29) is 12.3 Å². The van der Waals surface area contributed by atoms with Gasteiger partial charge in [0.1, 0.15) is 12.2 Å². The van der Waals surface area contributed by atoms with Crippen molar-refractivity contribution in [2.24, 2.45) is 0 Å². The zero-order valence-corrected chi connectivity index (χ0v) is 13.6. The van der Waals surface area contributed by atoms with E-state index in [4.69, 9.17) is 16.3 Å². The Morgan fingerprint density at radius 3 is 2.26 bits per heavy atom. The molecule has 0 fully saturated rings. The summed E-state index contributed by atoms with van der Waals surface area (Å²) < 4.78 is 5.04. The number of anilines is 2. The van der Waals surface area contributed by atoms with E-state index in [2.05, 4.69) is 10.6 Å². The van der Waals surface area contributed by atoms with E-state index in [1.807, 2.05) is 25.1 Å². The minimum atomic E-state index is -0.420. The van der Waals surface area contributed by atoms with E-state index in [9.17, 15) is 9.59 Å². The zero-order valence-electron chi connectivity index (χ0n) is 12.9. The van der Waals surface area contributed by atoms with Gasteiger partial charge in [0, 0.05) is 11.4 Å². The lowest BCUT2D eigenvalue weighted by Crippen LogP contribution is -2.21. The Morgan fingerprint density at radius 2 is 1.70 bits per heavy atom. The molecule has 0 saturated carbocycles. The summed E-state index contributed by atoms with van der Waals surface area (Å²) in [6.45, 7) is 1.93. The number of rotatable bonds is 5. The molecule has 2 amide bonds. The predicted molar refractivity (Wildman–Crippen MR) is 91.1 cm³/mol. The van der Waals surface area contributed by atoms with Gasteiger partial charge in [-0.15, -0.1) is 0 Å². The summed E-state index contributed by atoms with van der Waals surface area (Å²) in [4.78, 5) is 23.8. The van der Waals surface area contributed by atoms with Crippen molar-refractivity contribution in [1.29, 1.82) is 0 Å². The van der Waals surface area contributed by atoms with E-state index < -0.39 is 5.91 Å². The van der Waals surface area contributed by atoms with Crippen molar-refractivity contribution >= 4 is 34.8 Å². The highest BCUT2D eigenvalue weighted by Crippen LogP contribution is 2.27. The topological polar surface area (TPSA) is 67.4 Å². The van der Waals surface area contributed by atoms with Crippen molar-refractivity contribution in [1.82, 2.24) is 0 Å². The highest BCUT2D eigenvalue weighted by molar-refractivity contribution is 6.32. The Kier molecular flexibility index (Phi) is 5.60. The molecule has 0 atom stereocenters. The molecule has 23 heavy (non-hydrogen) atoms. The lowest BCUT2D eigenvalue weighted by atomic mass is 10.2. The van der Waals surface area contributed by atoms with Crippen molar-refractivity contribution in [3.8, 4) is 5.75 Å². The van der Waals surface area contributed by atoms with E-state index in [0.29, 0.717) is 22.1 Å². The Morgan fingerprint density at radius 1 is 1.04 bits per heavy atom. The molecule has 0 bridgehead atoms. The van der Waals surface area contributed by atoms with Gasteiger partial charge in [-0.1, -0.05) is 23.7 Å². The molecule has 5 nitrogen and oxygen atoms in total. The first-order chi connectivity index (χ1) is 11.0. The van der Waals surface area contributed by atoms with Crippen LogP contribution in [0.1, 0.15) is 12.0 Å². The van der Waals surface area contributed by atoms with Crippen LogP contribution in [0.2, 0.25) is 5.02 Å². The summed E-state index contributed by atoms with van der Waals surface area (Å²) >= 11 is 5.99. The first-order valence-corrected chi connectivity index (χ1v) is 7.35. The van der Waals surface area contributed by atoms with Gasteiger partial charge in [-0.25, -0.2) is 0 Å². The van der Waals surface area contributed by atoms with E-state index in [1.165, 1.54) is 7.11 Å². The minimum Gasteiger partial charge on any atom is -0.495 e.